The summed E-state index contributed by atoms with van der Waals surface area (Å²) in [7, 11) is 0. The third kappa shape index (κ3) is 3.97. The molecule has 0 unspecified atom stereocenters. The van der Waals surface area contributed by atoms with Crippen molar-refractivity contribution in [3.05, 3.63) is 34.9 Å². The highest BCUT2D eigenvalue weighted by molar-refractivity contribution is 6.31. The molecule has 0 bridgehead atoms. The zero-order valence-electron chi connectivity index (χ0n) is 12.4. The van der Waals surface area contributed by atoms with Crippen LogP contribution in [0.1, 0.15) is 37.0 Å². The molecule has 1 aromatic carbocycles. The maximum absolute atomic E-state index is 12.5. The van der Waals surface area contributed by atoms with Crippen LogP contribution in [0, 0.1) is 5.92 Å². The lowest BCUT2D eigenvalue weighted by Crippen LogP contribution is -2.50. The number of hydrogen-bond acceptors (Lipinski definition) is 2. The zero-order chi connectivity index (χ0) is 15.4. The third-order valence-corrected chi connectivity index (χ3v) is 3.96. The van der Waals surface area contributed by atoms with E-state index >= 15 is 0 Å². The fourth-order valence-electron chi connectivity index (χ4n) is 2.50. The van der Waals surface area contributed by atoms with Crippen LogP contribution in [0.4, 0.5) is 0 Å². The molecule has 1 N–H and O–H groups in total. The molecule has 1 fully saturated rings. The molecule has 0 aliphatic carbocycles. The molecule has 1 aliphatic rings. The molecule has 0 aromatic heterocycles. The Kier molecular flexibility index (Phi) is 5.23. The van der Waals surface area contributed by atoms with Crippen LogP contribution in [0.15, 0.2) is 24.3 Å². The van der Waals surface area contributed by atoms with Gasteiger partial charge in [0, 0.05) is 23.7 Å². The highest BCUT2D eigenvalue weighted by atomic mass is 35.5. The monoisotopic (exact) mass is 308 g/mol. The van der Waals surface area contributed by atoms with Crippen molar-refractivity contribution in [2.45, 2.75) is 32.7 Å². The van der Waals surface area contributed by atoms with Crippen molar-refractivity contribution in [3.63, 3.8) is 0 Å². The molecule has 0 radical (unpaired) electrons. The predicted molar refractivity (Wildman–Crippen MR) is 83.4 cm³/mol. The van der Waals surface area contributed by atoms with Crippen LogP contribution in [0.3, 0.4) is 0 Å². The third-order valence-electron chi connectivity index (χ3n) is 3.72. The number of likely N-dealkylation sites (tertiary alicyclic amines) is 1. The van der Waals surface area contributed by atoms with Crippen LogP contribution in [0.25, 0.3) is 0 Å². The molecule has 21 heavy (non-hydrogen) atoms. The minimum absolute atomic E-state index is 0.0119. The van der Waals surface area contributed by atoms with Crippen molar-refractivity contribution in [1.29, 1.82) is 0 Å². The summed E-state index contributed by atoms with van der Waals surface area (Å²) in [4.78, 5) is 26.6. The van der Waals surface area contributed by atoms with Gasteiger partial charge in [-0.1, -0.05) is 31.5 Å². The van der Waals surface area contributed by atoms with Gasteiger partial charge >= 0.3 is 0 Å². The van der Waals surface area contributed by atoms with Gasteiger partial charge < -0.3 is 10.2 Å². The summed E-state index contributed by atoms with van der Waals surface area (Å²) in [5.74, 6) is -0.206. The second-order valence-corrected chi connectivity index (χ2v) is 6.17. The molecule has 1 heterocycles. The Morgan fingerprint density at radius 1 is 1.24 bits per heavy atom. The first-order valence-electron chi connectivity index (χ1n) is 7.34. The molecule has 1 atom stereocenters. The van der Waals surface area contributed by atoms with Crippen molar-refractivity contribution < 1.29 is 9.59 Å². The first-order chi connectivity index (χ1) is 9.99. The van der Waals surface area contributed by atoms with E-state index in [-0.39, 0.29) is 17.7 Å². The molecule has 1 aromatic rings. The number of rotatable bonds is 4. The summed E-state index contributed by atoms with van der Waals surface area (Å²) >= 11 is 5.90. The van der Waals surface area contributed by atoms with Gasteiger partial charge in [0.15, 0.2) is 0 Å². The number of carbonyl (C=O) groups is 2. The second kappa shape index (κ2) is 6.94. The molecule has 114 valence electrons. The molecule has 0 spiro atoms. The molecule has 4 nitrogen and oxygen atoms in total. The predicted octanol–water partition coefficient (Wildman–Crippen LogP) is 2.72. The maximum Gasteiger partial charge on any atom is 0.251 e. The Bertz CT molecular complexity index is 525. The van der Waals surface area contributed by atoms with E-state index in [1.165, 1.54) is 0 Å². The van der Waals surface area contributed by atoms with Crippen molar-refractivity contribution in [2.24, 2.45) is 5.92 Å². The van der Waals surface area contributed by atoms with Crippen LogP contribution in [0.5, 0.6) is 0 Å². The first kappa shape index (κ1) is 15.8. The van der Waals surface area contributed by atoms with E-state index in [2.05, 4.69) is 5.32 Å². The standard InChI is InChI=1S/C16H21ClN2O2/c1-11(2)14(16(21)19-8-3-4-9-19)18-15(20)12-6-5-7-13(17)10-12/h5-7,10-11,14H,3-4,8-9H2,1-2H3,(H,18,20)/t14-/m0/s1. The molecule has 0 saturated carbocycles. The highest BCUT2D eigenvalue weighted by Gasteiger charge is 2.30. The van der Waals surface area contributed by atoms with Crippen molar-refractivity contribution in [3.8, 4) is 0 Å². The van der Waals surface area contributed by atoms with Gasteiger partial charge in [-0.15, -0.1) is 0 Å². The molecule has 1 saturated heterocycles. The lowest BCUT2D eigenvalue weighted by Gasteiger charge is -2.26. The molecule has 1 aliphatic heterocycles. The van der Waals surface area contributed by atoms with E-state index in [9.17, 15) is 9.59 Å². The van der Waals surface area contributed by atoms with Gasteiger partial charge in [0.05, 0.1) is 0 Å². The second-order valence-electron chi connectivity index (χ2n) is 5.74. The fourth-order valence-corrected chi connectivity index (χ4v) is 2.69. The van der Waals surface area contributed by atoms with Gasteiger partial charge in [-0.3, -0.25) is 9.59 Å². The average Bonchev–Trinajstić information content (AvgIpc) is 2.97. The van der Waals surface area contributed by atoms with Crippen molar-refractivity contribution in [1.82, 2.24) is 10.2 Å². The van der Waals surface area contributed by atoms with Gasteiger partial charge in [-0.2, -0.15) is 0 Å². The Labute approximate surface area is 130 Å². The van der Waals surface area contributed by atoms with E-state index in [0.29, 0.717) is 10.6 Å². The lowest BCUT2D eigenvalue weighted by molar-refractivity contribution is -0.133. The van der Waals surface area contributed by atoms with E-state index in [4.69, 9.17) is 11.6 Å². The van der Waals surface area contributed by atoms with Crippen LogP contribution < -0.4 is 5.32 Å². The average molecular weight is 309 g/mol. The SMILES string of the molecule is CC(C)[C@H](NC(=O)c1cccc(Cl)c1)C(=O)N1CCCC1. The lowest BCUT2D eigenvalue weighted by atomic mass is 10.0. The van der Waals surface area contributed by atoms with Crippen LogP contribution in [0.2, 0.25) is 5.02 Å². The zero-order valence-corrected chi connectivity index (χ0v) is 13.2. The van der Waals surface area contributed by atoms with E-state index in [1.54, 1.807) is 24.3 Å². The number of nitrogens with zero attached hydrogens (tertiary/aromatic N) is 1. The largest absolute Gasteiger partial charge is 0.341 e. The van der Waals surface area contributed by atoms with Crippen LogP contribution in [-0.4, -0.2) is 35.8 Å². The molecule has 2 amide bonds. The molecule has 2 rings (SSSR count). The minimum Gasteiger partial charge on any atom is -0.341 e. The smallest absolute Gasteiger partial charge is 0.251 e. The van der Waals surface area contributed by atoms with Gasteiger partial charge in [0.2, 0.25) is 5.91 Å². The van der Waals surface area contributed by atoms with Gasteiger partial charge in [0.1, 0.15) is 6.04 Å². The molecular weight excluding hydrogens is 288 g/mol. The minimum atomic E-state index is -0.491. The van der Waals surface area contributed by atoms with E-state index in [0.717, 1.165) is 25.9 Å². The Morgan fingerprint density at radius 3 is 2.48 bits per heavy atom. The van der Waals surface area contributed by atoms with Crippen LogP contribution in [-0.2, 0) is 4.79 Å². The number of benzene rings is 1. The fraction of sp³-hybridized carbons (Fsp3) is 0.500. The normalized spacial score (nSPS) is 16.1. The van der Waals surface area contributed by atoms with E-state index < -0.39 is 6.04 Å². The maximum atomic E-state index is 12.5. The Balaban J connectivity index is 2.09. The van der Waals surface area contributed by atoms with Crippen molar-refractivity contribution >= 4 is 23.4 Å². The van der Waals surface area contributed by atoms with E-state index in [1.807, 2.05) is 18.7 Å². The number of carbonyl (C=O) groups excluding carboxylic acids is 2. The molecular formula is C16H21ClN2O2. The summed E-state index contributed by atoms with van der Waals surface area (Å²) in [6, 6.07) is 6.25. The highest BCUT2D eigenvalue weighted by Crippen LogP contribution is 2.15. The summed E-state index contributed by atoms with van der Waals surface area (Å²) in [6.45, 7) is 5.46. The van der Waals surface area contributed by atoms with Gasteiger partial charge in [-0.05, 0) is 37.0 Å². The topological polar surface area (TPSA) is 49.4 Å². The summed E-state index contributed by atoms with van der Waals surface area (Å²) in [5.41, 5.74) is 0.474. The first-order valence-corrected chi connectivity index (χ1v) is 7.72. The number of hydrogen-bond donors (Lipinski definition) is 1. The van der Waals surface area contributed by atoms with Gasteiger partial charge in [-0.25, -0.2) is 0 Å². The number of nitrogens with one attached hydrogen (secondary N) is 1. The Hall–Kier alpha value is -1.55. The van der Waals surface area contributed by atoms with Gasteiger partial charge in [0.25, 0.3) is 5.91 Å². The summed E-state index contributed by atoms with van der Waals surface area (Å²) < 4.78 is 0. The number of amides is 2. The number of halogens is 1. The molecule has 5 heteroatoms. The quantitative estimate of drug-likeness (QED) is 0.930. The Morgan fingerprint density at radius 2 is 1.90 bits per heavy atom. The van der Waals surface area contributed by atoms with Crippen molar-refractivity contribution in [2.75, 3.05) is 13.1 Å². The summed E-state index contributed by atoms with van der Waals surface area (Å²) in [6.07, 6.45) is 2.08. The van der Waals surface area contributed by atoms with Crippen LogP contribution >= 0.6 is 11.6 Å². The summed E-state index contributed by atoms with van der Waals surface area (Å²) in [5, 5.41) is 3.36.